The van der Waals surface area contributed by atoms with E-state index in [1.807, 2.05) is 63.2 Å². The van der Waals surface area contributed by atoms with Crippen LogP contribution in [0.15, 0.2) is 77.7 Å². The lowest BCUT2D eigenvalue weighted by molar-refractivity contribution is -0.139. The van der Waals surface area contributed by atoms with Crippen molar-refractivity contribution >= 4 is 27.5 Å². The van der Waals surface area contributed by atoms with E-state index >= 15 is 0 Å². The second kappa shape index (κ2) is 14.0. The van der Waals surface area contributed by atoms with Crippen molar-refractivity contribution in [1.29, 1.82) is 0 Å². The van der Waals surface area contributed by atoms with Crippen molar-refractivity contribution in [3.63, 3.8) is 0 Å². The molecule has 0 heterocycles. The Morgan fingerprint density at radius 1 is 0.881 bits per heavy atom. The Kier molecular flexibility index (Phi) is 10.4. The van der Waals surface area contributed by atoms with Gasteiger partial charge >= 0.3 is 0 Å². The highest BCUT2D eigenvalue weighted by molar-refractivity contribution is 7.92. The number of benzene rings is 3. The molecule has 0 aromatic heterocycles. The number of hydrogen-bond donors (Lipinski definition) is 1. The minimum atomic E-state index is -4.09. The Labute approximate surface area is 251 Å². The molecule has 2 amide bonds. The zero-order valence-electron chi connectivity index (χ0n) is 25.2. The summed E-state index contributed by atoms with van der Waals surface area (Å²) in [5.74, 6) is -0.628. The quantitative estimate of drug-likeness (QED) is 0.310. The highest BCUT2D eigenvalue weighted by Crippen LogP contribution is 2.28. The third kappa shape index (κ3) is 7.79. The summed E-state index contributed by atoms with van der Waals surface area (Å²) in [6.07, 6.45) is 5.75. The molecule has 3 aromatic carbocycles. The van der Waals surface area contributed by atoms with Crippen LogP contribution in [0.3, 0.4) is 0 Å². The maximum absolute atomic E-state index is 14.2. The maximum Gasteiger partial charge on any atom is 0.264 e. The number of nitrogens with zero attached hydrogens (tertiary/aromatic N) is 2. The monoisotopic (exact) mass is 589 g/mol. The zero-order valence-corrected chi connectivity index (χ0v) is 26.0. The van der Waals surface area contributed by atoms with Gasteiger partial charge in [0, 0.05) is 12.6 Å². The summed E-state index contributed by atoms with van der Waals surface area (Å²) >= 11 is 0. The average molecular weight is 590 g/mol. The molecule has 224 valence electrons. The zero-order chi connectivity index (χ0) is 30.3. The standard InChI is InChI=1S/C34H43N3O4S/c1-25-16-19-31(20-17-25)42(40,41)37(32-23-26(2)15-18-27(32)3)24-33(38)36(22-21-29-11-7-5-8-12-29)28(4)34(39)35-30-13-9-6-10-14-30/h5,7-8,11-12,15-20,23,28,30H,6,9-10,13-14,21-22,24H2,1-4H3,(H,35,39)/t28-/m0/s1. The van der Waals surface area contributed by atoms with Crippen molar-refractivity contribution in [3.8, 4) is 0 Å². The molecule has 7 nitrogen and oxygen atoms in total. The summed E-state index contributed by atoms with van der Waals surface area (Å²) in [4.78, 5) is 29.2. The van der Waals surface area contributed by atoms with Crippen LogP contribution < -0.4 is 9.62 Å². The Balaban J connectivity index is 1.67. The van der Waals surface area contributed by atoms with Crippen molar-refractivity contribution in [2.24, 2.45) is 0 Å². The summed E-state index contributed by atoms with van der Waals surface area (Å²) in [6.45, 7) is 7.23. The molecule has 4 rings (SSSR count). The number of carbonyl (C=O) groups is 2. The molecule has 1 saturated carbocycles. The Morgan fingerprint density at radius 2 is 1.52 bits per heavy atom. The molecule has 0 radical (unpaired) electrons. The summed E-state index contributed by atoms with van der Waals surface area (Å²) in [5.41, 5.74) is 4.05. The Hall–Kier alpha value is -3.65. The molecule has 0 unspecified atom stereocenters. The van der Waals surface area contributed by atoms with Gasteiger partial charge < -0.3 is 10.2 Å². The van der Waals surface area contributed by atoms with Crippen LogP contribution in [-0.4, -0.2) is 50.3 Å². The number of sulfonamides is 1. The highest BCUT2D eigenvalue weighted by Gasteiger charge is 2.33. The van der Waals surface area contributed by atoms with Crippen LogP contribution in [0.4, 0.5) is 5.69 Å². The lowest BCUT2D eigenvalue weighted by Gasteiger charge is -2.33. The fraction of sp³-hybridized carbons (Fsp3) is 0.412. The average Bonchev–Trinajstić information content (AvgIpc) is 2.98. The van der Waals surface area contributed by atoms with Crippen LogP contribution in [0.1, 0.15) is 61.3 Å². The molecule has 1 atom stereocenters. The molecular formula is C34H43N3O4S. The van der Waals surface area contributed by atoms with Crippen molar-refractivity contribution < 1.29 is 18.0 Å². The second-order valence-electron chi connectivity index (χ2n) is 11.5. The van der Waals surface area contributed by atoms with E-state index in [4.69, 9.17) is 0 Å². The molecule has 0 bridgehead atoms. The smallest absolute Gasteiger partial charge is 0.264 e. The van der Waals surface area contributed by atoms with E-state index in [1.54, 1.807) is 37.3 Å². The fourth-order valence-electron chi connectivity index (χ4n) is 5.48. The van der Waals surface area contributed by atoms with Crippen molar-refractivity contribution in [2.45, 2.75) is 83.2 Å². The predicted octanol–water partition coefficient (Wildman–Crippen LogP) is 5.72. The molecular weight excluding hydrogens is 546 g/mol. The van der Waals surface area contributed by atoms with Crippen molar-refractivity contribution in [3.05, 3.63) is 95.1 Å². The van der Waals surface area contributed by atoms with Gasteiger partial charge in [-0.2, -0.15) is 0 Å². The number of aryl methyl sites for hydroxylation is 3. The van der Waals surface area contributed by atoms with E-state index in [9.17, 15) is 18.0 Å². The largest absolute Gasteiger partial charge is 0.352 e. The fourth-order valence-corrected chi connectivity index (χ4v) is 6.95. The number of rotatable bonds is 11. The van der Waals surface area contributed by atoms with Gasteiger partial charge in [0.1, 0.15) is 12.6 Å². The number of amides is 2. The first-order valence-electron chi connectivity index (χ1n) is 14.9. The van der Waals surface area contributed by atoms with E-state index in [0.717, 1.165) is 47.9 Å². The van der Waals surface area contributed by atoms with Gasteiger partial charge in [-0.3, -0.25) is 13.9 Å². The van der Waals surface area contributed by atoms with Gasteiger partial charge in [0.05, 0.1) is 10.6 Å². The third-order valence-corrected chi connectivity index (χ3v) is 9.90. The van der Waals surface area contributed by atoms with Crippen LogP contribution >= 0.6 is 0 Å². The van der Waals surface area contributed by atoms with Gasteiger partial charge in [0.25, 0.3) is 10.0 Å². The number of carbonyl (C=O) groups excluding carboxylic acids is 2. The molecule has 1 aliphatic carbocycles. The minimum absolute atomic E-state index is 0.105. The second-order valence-corrected chi connectivity index (χ2v) is 13.3. The highest BCUT2D eigenvalue weighted by atomic mass is 32.2. The molecule has 0 spiro atoms. The summed E-state index contributed by atoms with van der Waals surface area (Å²) in [5, 5.41) is 3.15. The van der Waals surface area contributed by atoms with Crippen LogP contribution in [0.5, 0.6) is 0 Å². The van der Waals surface area contributed by atoms with Crippen molar-refractivity contribution in [1.82, 2.24) is 10.2 Å². The van der Waals surface area contributed by atoms with Gasteiger partial charge in [0.2, 0.25) is 11.8 Å². The van der Waals surface area contributed by atoms with Crippen molar-refractivity contribution in [2.75, 3.05) is 17.4 Å². The van der Waals surface area contributed by atoms with Crippen LogP contribution in [0.25, 0.3) is 0 Å². The van der Waals surface area contributed by atoms with Gasteiger partial charge in [-0.25, -0.2) is 8.42 Å². The molecule has 1 fully saturated rings. The topological polar surface area (TPSA) is 86.8 Å². The lowest BCUT2D eigenvalue weighted by Crippen LogP contribution is -2.53. The maximum atomic E-state index is 14.2. The number of nitrogens with one attached hydrogen (secondary N) is 1. The minimum Gasteiger partial charge on any atom is -0.352 e. The van der Waals surface area contributed by atoms with E-state index in [1.165, 1.54) is 15.6 Å². The van der Waals surface area contributed by atoms with Crippen LogP contribution in [-0.2, 0) is 26.0 Å². The van der Waals surface area contributed by atoms with Gasteiger partial charge in [-0.1, -0.05) is 79.4 Å². The molecule has 8 heteroatoms. The summed E-state index contributed by atoms with van der Waals surface area (Å²) in [6, 6.07) is 21.3. The Bertz CT molecular complexity index is 1470. The van der Waals surface area contributed by atoms with E-state index in [-0.39, 0.29) is 23.4 Å². The SMILES string of the molecule is Cc1ccc(S(=O)(=O)N(CC(=O)N(CCc2ccccc2)[C@@H](C)C(=O)NC2CCCCC2)c2cc(C)ccc2C)cc1. The molecule has 42 heavy (non-hydrogen) atoms. The molecule has 1 N–H and O–H groups in total. The molecule has 0 saturated heterocycles. The van der Waals surface area contributed by atoms with Crippen LogP contribution in [0.2, 0.25) is 0 Å². The molecule has 0 aliphatic heterocycles. The normalized spacial score (nSPS) is 14.7. The summed E-state index contributed by atoms with van der Waals surface area (Å²) < 4.78 is 29.4. The van der Waals surface area contributed by atoms with Gasteiger partial charge in [-0.15, -0.1) is 0 Å². The number of anilines is 1. The van der Waals surface area contributed by atoms with E-state index in [2.05, 4.69) is 5.32 Å². The molecule has 1 aliphatic rings. The predicted molar refractivity (Wildman–Crippen MR) is 168 cm³/mol. The molecule has 3 aromatic rings. The first-order valence-corrected chi connectivity index (χ1v) is 16.3. The van der Waals surface area contributed by atoms with Crippen LogP contribution in [0, 0.1) is 20.8 Å². The lowest BCUT2D eigenvalue weighted by atomic mass is 9.95. The summed E-state index contributed by atoms with van der Waals surface area (Å²) in [7, 11) is -4.09. The van der Waals surface area contributed by atoms with Gasteiger partial charge in [-0.05, 0) is 81.8 Å². The first-order chi connectivity index (χ1) is 20.1. The Morgan fingerprint density at radius 3 is 2.19 bits per heavy atom. The van der Waals surface area contributed by atoms with Gasteiger partial charge in [0.15, 0.2) is 0 Å². The third-order valence-electron chi connectivity index (χ3n) is 8.12. The number of hydrogen-bond acceptors (Lipinski definition) is 4. The van der Waals surface area contributed by atoms with E-state index < -0.39 is 28.5 Å². The van der Waals surface area contributed by atoms with E-state index in [0.29, 0.717) is 12.1 Å². The first kappa shape index (κ1) is 31.3.